The fraction of sp³-hybridized carbons (Fsp3) is 0.381. The van der Waals surface area contributed by atoms with Gasteiger partial charge < -0.3 is 10.1 Å². The Morgan fingerprint density at radius 1 is 1.17 bits per heavy atom. The fourth-order valence-corrected chi connectivity index (χ4v) is 4.59. The van der Waals surface area contributed by atoms with Gasteiger partial charge in [0.05, 0.1) is 19.1 Å². The molecule has 0 radical (unpaired) electrons. The highest BCUT2D eigenvalue weighted by Crippen LogP contribution is 2.22. The molecule has 0 saturated carbocycles. The summed E-state index contributed by atoms with van der Waals surface area (Å²) in [6.07, 6.45) is 1.91. The normalized spacial score (nSPS) is 11.1. The van der Waals surface area contributed by atoms with Crippen LogP contribution in [0.25, 0.3) is 0 Å². The van der Waals surface area contributed by atoms with Crippen LogP contribution in [0, 0.1) is 6.92 Å². The number of hydrogen-bond donors (Lipinski definition) is 1. The Balaban J connectivity index is 1.79. The van der Waals surface area contributed by atoms with Crippen LogP contribution in [0.1, 0.15) is 17.5 Å². The number of carbonyl (C=O) groups excluding carboxylic acids is 1. The predicted molar refractivity (Wildman–Crippen MR) is 120 cm³/mol. The smallest absolute Gasteiger partial charge is 0.240 e. The van der Waals surface area contributed by atoms with E-state index in [1.165, 1.54) is 18.2 Å². The van der Waals surface area contributed by atoms with E-state index in [2.05, 4.69) is 24.4 Å². The molecule has 0 heterocycles. The van der Waals surface area contributed by atoms with Crippen molar-refractivity contribution in [1.82, 2.24) is 5.32 Å². The molecule has 0 unspecified atom stereocenters. The molecule has 0 fully saturated rings. The van der Waals surface area contributed by atoms with Crippen LogP contribution in [0.4, 0.5) is 5.69 Å². The first-order valence-corrected chi connectivity index (χ1v) is 12.3. The Hall–Kier alpha value is -2.19. The largest absolute Gasteiger partial charge is 0.497 e. The third-order valence-electron chi connectivity index (χ3n) is 4.34. The van der Waals surface area contributed by atoms with Crippen LogP contribution in [0.5, 0.6) is 5.75 Å². The zero-order chi connectivity index (χ0) is 21.3. The molecule has 0 bridgehead atoms. The van der Waals surface area contributed by atoms with Crippen molar-refractivity contribution in [2.24, 2.45) is 0 Å². The summed E-state index contributed by atoms with van der Waals surface area (Å²) in [6.45, 7) is 2.35. The van der Waals surface area contributed by atoms with Crippen LogP contribution in [-0.4, -0.2) is 46.5 Å². The maximum Gasteiger partial charge on any atom is 0.240 e. The van der Waals surface area contributed by atoms with Gasteiger partial charge in [-0.2, -0.15) is 11.8 Å². The average molecular weight is 437 g/mol. The van der Waals surface area contributed by atoms with Gasteiger partial charge in [0, 0.05) is 18.4 Å². The highest BCUT2D eigenvalue weighted by molar-refractivity contribution is 7.98. The Morgan fingerprint density at radius 2 is 1.93 bits per heavy atom. The lowest BCUT2D eigenvalue weighted by atomic mass is 10.1. The molecule has 0 atom stereocenters. The molecular formula is C21H28N2O4S2. The van der Waals surface area contributed by atoms with E-state index in [9.17, 15) is 13.2 Å². The summed E-state index contributed by atoms with van der Waals surface area (Å²) in [4.78, 5) is 12.3. The molecule has 1 N–H and O–H groups in total. The van der Waals surface area contributed by atoms with E-state index in [0.29, 0.717) is 18.0 Å². The van der Waals surface area contributed by atoms with E-state index in [0.717, 1.165) is 28.5 Å². The molecular weight excluding hydrogens is 408 g/mol. The van der Waals surface area contributed by atoms with Gasteiger partial charge in [-0.25, -0.2) is 8.42 Å². The zero-order valence-electron chi connectivity index (χ0n) is 17.1. The molecule has 6 nitrogen and oxygen atoms in total. The van der Waals surface area contributed by atoms with Crippen molar-refractivity contribution in [2.45, 2.75) is 19.1 Å². The number of aryl methyl sites for hydroxylation is 1. The van der Waals surface area contributed by atoms with E-state index in [1.807, 2.05) is 23.9 Å². The summed E-state index contributed by atoms with van der Waals surface area (Å²) in [5.41, 5.74) is 3.01. The summed E-state index contributed by atoms with van der Waals surface area (Å²) in [5.74, 6) is 2.06. The van der Waals surface area contributed by atoms with Gasteiger partial charge in [0.15, 0.2) is 0 Å². The zero-order valence-corrected chi connectivity index (χ0v) is 18.7. The van der Waals surface area contributed by atoms with Crippen LogP contribution >= 0.6 is 11.8 Å². The van der Waals surface area contributed by atoms with Gasteiger partial charge in [-0.15, -0.1) is 0 Å². The van der Waals surface area contributed by atoms with Crippen LogP contribution < -0.4 is 14.4 Å². The molecule has 0 saturated heterocycles. The summed E-state index contributed by atoms with van der Waals surface area (Å²) in [7, 11) is -2.09. The second-order valence-electron chi connectivity index (χ2n) is 6.65. The molecule has 8 heteroatoms. The molecule has 0 aromatic heterocycles. The number of nitrogens with one attached hydrogen (secondary N) is 1. The molecule has 158 valence electrons. The molecule has 0 aliphatic rings. The minimum atomic E-state index is -3.60. The van der Waals surface area contributed by atoms with Crippen LogP contribution in [0.3, 0.4) is 0 Å². The summed E-state index contributed by atoms with van der Waals surface area (Å²) in [5, 5.41) is 2.80. The van der Waals surface area contributed by atoms with E-state index < -0.39 is 10.0 Å². The fourth-order valence-electron chi connectivity index (χ4n) is 2.71. The van der Waals surface area contributed by atoms with Gasteiger partial charge in [0.2, 0.25) is 15.9 Å². The predicted octanol–water partition coefficient (Wildman–Crippen LogP) is 3.21. The van der Waals surface area contributed by atoms with Crippen molar-refractivity contribution >= 4 is 33.4 Å². The first-order valence-electron chi connectivity index (χ1n) is 9.32. The lowest BCUT2D eigenvalue weighted by Gasteiger charge is -2.22. The third-order valence-corrected chi connectivity index (χ3v) is 6.57. The monoisotopic (exact) mass is 436 g/mol. The number of methoxy groups -OCH3 is 1. The number of benzene rings is 2. The topological polar surface area (TPSA) is 75.7 Å². The van der Waals surface area contributed by atoms with E-state index in [-0.39, 0.29) is 12.5 Å². The van der Waals surface area contributed by atoms with Gasteiger partial charge >= 0.3 is 0 Å². The van der Waals surface area contributed by atoms with Crippen molar-refractivity contribution in [1.29, 1.82) is 0 Å². The molecule has 0 aliphatic carbocycles. The standard InChI is InChI=1S/C21H28N2O4S2/c1-17-8-4-5-9-18(17)16-28-13-7-12-22-21(24)15-23(29(3,25)26)19-10-6-11-20(14-19)27-2/h4-6,8-11,14H,7,12-13,15-16H2,1-3H3,(H,22,24). The number of anilines is 1. The molecule has 2 rings (SSSR count). The lowest BCUT2D eigenvalue weighted by molar-refractivity contribution is -0.119. The van der Waals surface area contributed by atoms with Crippen molar-refractivity contribution in [3.63, 3.8) is 0 Å². The van der Waals surface area contributed by atoms with Gasteiger partial charge in [-0.05, 0) is 42.4 Å². The Bertz CT molecular complexity index is 916. The van der Waals surface area contributed by atoms with Gasteiger partial charge in [0.1, 0.15) is 12.3 Å². The lowest BCUT2D eigenvalue weighted by Crippen LogP contribution is -2.40. The number of nitrogens with zero attached hydrogens (tertiary/aromatic N) is 1. The minimum Gasteiger partial charge on any atom is -0.497 e. The second kappa shape index (κ2) is 11.1. The molecule has 29 heavy (non-hydrogen) atoms. The number of amides is 1. The molecule has 0 aliphatic heterocycles. The first-order chi connectivity index (χ1) is 13.8. The number of thioether (sulfide) groups is 1. The number of ether oxygens (including phenoxy) is 1. The Labute approximate surface area is 177 Å². The highest BCUT2D eigenvalue weighted by atomic mass is 32.2. The summed E-state index contributed by atoms with van der Waals surface area (Å²) in [6, 6.07) is 14.9. The number of sulfonamides is 1. The molecule has 2 aromatic carbocycles. The van der Waals surface area contributed by atoms with Gasteiger partial charge in [0.25, 0.3) is 0 Å². The average Bonchev–Trinajstić information content (AvgIpc) is 2.69. The highest BCUT2D eigenvalue weighted by Gasteiger charge is 2.21. The third kappa shape index (κ3) is 7.62. The van der Waals surface area contributed by atoms with Crippen LogP contribution in [-0.2, 0) is 20.6 Å². The maximum atomic E-state index is 12.3. The second-order valence-corrected chi connectivity index (χ2v) is 9.67. The Morgan fingerprint density at radius 3 is 2.62 bits per heavy atom. The molecule has 0 spiro atoms. The molecule has 2 aromatic rings. The van der Waals surface area contributed by atoms with Crippen molar-refractivity contribution in [3.05, 3.63) is 59.7 Å². The minimum absolute atomic E-state index is 0.262. The van der Waals surface area contributed by atoms with E-state index >= 15 is 0 Å². The maximum absolute atomic E-state index is 12.3. The SMILES string of the molecule is COc1cccc(N(CC(=O)NCCCSCc2ccccc2C)S(C)(=O)=O)c1. The van der Waals surface area contributed by atoms with Crippen molar-refractivity contribution in [3.8, 4) is 5.75 Å². The number of rotatable bonds is 11. The summed E-state index contributed by atoms with van der Waals surface area (Å²) < 4.78 is 30.5. The van der Waals surface area contributed by atoms with Gasteiger partial charge in [-0.1, -0.05) is 30.3 Å². The Kier molecular flexibility index (Phi) is 8.85. The summed E-state index contributed by atoms with van der Waals surface area (Å²) >= 11 is 1.82. The van der Waals surface area contributed by atoms with E-state index in [4.69, 9.17) is 4.74 Å². The van der Waals surface area contributed by atoms with Crippen molar-refractivity contribution in [2.75, 3.05) is 36.5 Å². The quantitative estimate of drug-likeness (QED) is 0.548. The van der Waals surface area contributed by atoms with Gasteiger partial charge in [-0.3, -0.25) is 9.10 Å². The number of hydrogen-bond acceptors (Lipinski definition) is 5. The van der Waals surface area contributed by atoms with Crippen LogP contribution in [0.15, 0.2) is 48.5 Å². The van der Waals surface area contributed by atoms with E-state index in [1.54, 1.807) is 24.3 Å². The van der Waals surface area contributed by atoms with Crippen molar-refractivity contribution < 1.29 is 17.9 Å². The first kappa shape index (κ1) is 23.1. The van der Waals surface area contributed by atoms with Crippen LogP contribution in [0.2, 0.25) is 0 Å². The molecule has 1 amide bonds. The number of carbonyl (C=O) groups is 1.